The van der Waals surface area contributed by atoms with Gasteiger partial charge in [0.2, 0.25) is 0 Å². The van der Waals surface area contributed by atoms with Gasteiger partial charge >= 0.3 is 39.5 Å². The van der Waals surface area contributed by atoms with Crippen molar-refractivity contribution in [3.05, 3.63) is 24.3 Å². The first kappa shape index (κ1) is 89.5. The number of aliphatic hydroxyl groups excluding tert-OH is 1. The molecule has 0 aromatic heterocycles. The molecule has 17 nitrogen and oxygen atoms in total. The van der Waals surface area contributed by atoms with Crippen molar-refractivity contribution in [2.24, 2.45) is 17.8 Å². The van der Waals surface area contributed by atoms with Gasteiger partial charge in [-0.2, -0.15) is 0 Å². The number of carbonyl (C=O) groups excluding carboxylic acids is 4. The largest absolute Gasteiger partial charge is 0.472 e. The lowest BCUT2D eigenvalue weighted by atomic mass is 9.99. The number of carbonyl (C=O) groups is 4. The van der Waals surface area contributed by atoms with Crippen LogP contribution in [-0.4, -0.2) is 96.7 Å². The fraction of sp³-hybridized carbons (Fsp3) is 0.890. The van der Waals surface area contributed by atoms with Crippen LogP contribution in [0.25, 0.3) is 0 Å². The summed E-state index contributed by atoms with van der Waals surface area (Å²) in [5.41, 5.74) is 0. The highest BCUT2D eigenvalue weighted by Crippen LogP contribution is 2.45. The quantitative estimate of drug-likeness (QED) is 0.0169. The molecule has 0 aliphatic carbocycles. The first-order chi connectivity index (χ1) is 44.3. The molecule has 0 aliphatic rings. The van der Waals surface area contributed by atoms with Crippen molar-refractivity contribution >= 4 is 39.5 Å². The number of allylic oxidation sites excluding steroid dienone is 4. The van der Waals surface area contributed by atoms with Gasteiger partial charge < -0.3 is 33.8 Å². The maximum atomic E-state index is 13.0. The van der Waals surface area contributed by atoms with Gasteiger partial charge in [0.05, 0.1) is 26.4 Å². The molecule has 0 fully saturated rings. The number of phosphoric acid groups is 2. The zero-order valence-electron chi connectivity index (χ0n) is 59.5. The summed E-state index contributed by atoms with van der Waals surface area (Å²) >= 11 is 0. The second-order valence-corrected chi connectivity index (χ2v) is 29.7. The van der Waals surface area contributed by atoms with E-state index >= 15 is 0 Å². The minimum Gasteiger partial charge on any atom is -0.462 e. The number of phosphoric ester groups is 2. The van der Waals surface area contributed by atoms with E-state index in [9.17, 15) is 43.2 Å². The first-order valence-corrected chi connectivity index (χ1v) is 40.2. The average Bonchev–Trinajstić information content (AvgIpc) is 2.18. The molecular formula is C73H138O17P2. The van der Waals surface area contributed by atoms with Gasteiger partial charge in [-0.3, -0.25) is 37.3 Å². The third kappa shape index (κ3) is 64.9. The molecule has 92 heavy (non-hydrogen) atoms. The van der Waals surface area contributed by atoms with Crippen LogP contribution in [0.5, 0.6) is 0 Å². The van der Waals surface area contributed by atoms with E-state index in [1.165, 1.54) is 128 Å². The van der Waals surface area contributed by atoms with Crippen LogP contribution < -0.4 is 0 Å². The summed E-state index contributed by atoms with van der Waals surface area (Å²) in [4.78, 5) is 72.6. The van der Waals surface area contributed by atoms with Gasteiger partial charge in [0.15, 0.2) is 12.2 Å². The highest BCUT2D eigenvalue weighted by Gasteiger charge is 2.30. The smallest absolute Gasteiger partial charge is 0.462 e. The first-order valence-electron chi connectivity index (χ1n) is 37.2. The number of hydrogen-bond donors (Lipinski definition) is 3. The molecule has 0 radical (unpaired) electrons. The number of rotatable bonds is 69. The van der Waals surface area contributed by atoms with Crippen LogP contribution in [0.2, 0.25) is 0 Å². The number of unbranched alkanes of at least 4 members (excludes halogenated alkanes) is 33. The summed E-state index contributed by atoms with van der Waals surface area (Å²) in [5.74, 6) is 0.100. The standard InChI is InChI=1S/C73H138O17P2/c1-8-10-11-12-13-14-15-16-17-18-19-26-33-40-47-54-70(75)83-60-68(89-72(77)56-49-42-34-27-22-20-24-30-37-44-51-64(3)4)62-87-91(79,80)85-58-67(74)59-86-92(81,82)88-63-69(61-84-71(76)55-48-41-36-29-31-38-45-52-65(5)6)90-73(78)57-50-43-35-28-23-21-25-32-39-46-53-66(7)9-2/h14-17,64-69,74H,8-13,18-63H2,1-7H3,(H,79,80)(H,81,82)/b15-14-,17-16-/t66?,67?,68-,69-/m1/s1. The summed E-state index contributed by atoms with van der Waals surface area (Å²) in [6.07, 6.45) is 50.7. The van der Waals surface area contributed by atoms with E-state index in [0.29, 0.717) is 31.6 Å². The molecular weight excluding hydrogens is 1210 g/mol. The average molecular weight is 1350 g/mol. The Bertz CT molecular complexity index is 1900. The molecule has 0 heterocycles. The lowest BCUT2D eigenvalue weighted by Crippen LogP contribution is -2.30. The fourth-order valence-electron chi connectivity index (χ4n) is 10.5. The predicted octanol–water partition coefficient (Wildman–Crippen LogP) is 20.6. The van der Waals surface area contributed by atoms with E-state index in [2.05, 4.69) is 72.8 Å². The second kappa shape index (κ2) is 63.3. The van der Waals surface area contributed by atoms with Crippen LogP contribution in [0, 0.1) is 17.8 Å². The Morgan fingerprint density at radius 2 is 0.641 bits per heavy atom. The summed E-state index contributed by atoms with van der Waals surface area (Å²) < 4.78 is 68.4. The van der Waals surface area contributed by atoms with Gasteiger partial charge in [-0.1, -0.05) is 291 Å². The molecule has 0 rings (SSSR count). The Balaban J connectivity index is 5.29. The lowest BCUT2D eigenvalue weighted by molar-refractivity contribution is -0.161. The van der Waals surface area contributed by atoms with Crippen LogP contribution in [0.15, 0.2) is 24.3 Å². The van der Waals surface area contributed by atoms with E-state index in [1.807, 2.05) is 0 Å². The zero-order chi connectivity index (χ0) is 68.0. The third-order valence-electron chi connectivity index (χ3n) is 16.6. The summed E-state index contributed by atoms with van der Waals surface area (Å²) in [7, 11) is -9.92. The van der Waals surface area contributed by atoms with Gasteiger partial charge in [-0.25, -0.2) is 9.13 Å². The number of aliphatic hydroxyl groups is 1. The zero-order valence-corrected chi connectivity index (χ0v) is 61.3. The summed E-state index contributed by atoms with van der Waals surface area (Å²) in [5, 5.41) is 10.6. The monoisotopic (exact) mass is 1350 g/mol. The molecule has 0 aromatic carbocycles. The van der Waals surface area contributed by atoms with E-state index in [1.54, 1.807) is 0 Å². The molecule has 0 spiro atoms. The van der Waals surface area contributed by atoms with E-state index in [0.717, 1.165) is 127 Å². The molecule has 3 N–H and O–H groups in total. The fourth-order valence-corrected chi connectivity index (χ4v) is 12.1. The van der Waals surface area contributed by atoms with Crippen LogP contribution in [0.1, 0.15) is 344 Å². The molecule has 4 unspecified atom stereocenters. The SMILES string of the molecule is CCCCCC/C=C\C=C/CCCCCCCC(=O)OC[C@H](COP(=O)(O)OCC(O)COP(=O)(O)OC[C@@H](COC(=O)CCCCCCCCCC(C)C)OC(=O)CCCCCCCCCCCCC(C)CC)OC(=O)CCCCCCCCCCCCC(C)C. The molecule has 0 aliphatic heterocycles. The Morgan fingerprint density at radius 1 is 0.359 bits per heavy atom. The lowest BCUT2D eigenvalue weighted by Gasteiger charge is -2.21. The molecule has 0 saturated heterocycles. The van der Waals surface area contributed by atoms with Gasteiger partial charge in [0.1, 0.15) is 19.3 Å². The van der Waals surface area contributed by atoms with Crippen molar-refractivity contribution in [1.29, 1.82) is 0 Å². The van der Waals surface area contributed by atoms with Crippen LogP contribution in [0.4, 0.5) is 0 Å². The van der Waals surface area contributed by atoms with E-state index in [-0.39, 0.29) is 25.7 Å². The van der Waals surface area contributed by atoms with Crippen LogP contribution in [-0.2, 0) is 65.4 Å². The van der Waals surface area contributed by atoms with Gasteiger partial charge in [-0.05, 0) is 69.1 Å². The Labute approximate surface area is 561 Å². The van der Waals surface area contributed by atoms with Crippen molar-refractivity contribution in [1.82, 2.24) is 0 Å². The molecule has 0 bridgehead atoms. The molecule has 0 amide bonds. The Morgan fingerprint density at radius 3 is 0.967 bits per heavy atom. The minimum absolute atomic E-state index is 0.0986. The van der Waals surface area contributed by atoms with Gasteiger partial charge in [0.25, 0.3) is 0 Å². The van der Waals surface area contributed by atoms with Crippen LogP contribution in [0.3, 0.4) is 0 Å². The Hall–Kier alpha value is -2.46. The molecule has 542 valence electrons. The normalized spacial score (nSPS) is 14.6. The van der Waals surface area contributed by atoms with E-state index in [4.69, 9.17) is 37.0 Å². The predicted molar refractivity (Wildman–Crippen MR) is 372 cm³/mol. The molecule has 0 aromatic rings. The van der Waals surface area contributed by atoms with Crippen molar-refractivity contribution in [3.8, 4) is 0 Å². The van der Waals surface area contributed by atoms with Crippen molar-refractivity contribution in [3.63, 3.8) is 0 Å². The second-order valence-electron chi connectivity index (χ2n) is 26.8. The van der Waals surface area contributed by atoms with Gasteiger partial charge in [-0.15, -0.1) is 0 Å². The molecule has 6 atom stereocenters. The number of hydrogen-bond acceptors (Lipinski definition) is 15. The number of ether oxygens (including phenoxy) is 4. The molecule has 0 saturated carbocycles. The van der Waals surface area contributed by atoms with Crippen LogP contribution >= 0.6 is 15.6 Å². The van der Waals surface area contributed by atoms with Gasteiger partial charge in [0, 0.05) is 25.7 Å². The Kier molecular flexibility index (Phi) is 61.6. The van der Waals surface area contributed by atoms with Crippen molar-refractivity contribution in [2.45, 2.75) is 362 Å². The number of esters is 4. The third-order valence-corrected chi connectivity index (χ3v) is 18.5. The highest BCUT2D eigenvalue weighted by atomic mass is 31.2. The van der Waals surface area contributed by atoms with E-state index < -0.39 is 97.5 Å². The topological polar surface area (TPSA) is 237 Å². The molecule has 19 heteroatoms. The highest BCUT2D eigenvalue weighted by molar-refractivity contribution is 7.47. The van der Waals surface area contributed by atoms with Crippen molar-refractivity contribution < 1.29 is 80.2 Å². The van der Waals surface area contributed by atoms with Crippen molar-refractivity contribution in [2.75, 3.05) is 39.6 Å². The minimum atomic E-state index is -4.96. The maximum absolute atomic E-state index is 13.0. The summed E-state index contributed by atoms with van der Waals surface area (Å²) in [6, 6.07) is 0. The summed E-state index contributed by atoms with van der Waals surface area (Å²) in [6.45, 7) is 11.8. The maximum Gasteiger partial charge on any atom is 0.472 e.